The van der Waals surface area contributed by atoms with Crippen LogP contribution in [0, 0.1) is 11.3 Å². The minimum absolute atomic E-state index is 0. The molecule has 1 saturated carbocycles. The van der Waals surface area contributed by atoms with E-state index in [0.29, 0.717) is 13.1 Å². The molecule has 1 aromatic heterocycles. The van der Waals surface area contributed by atoms with E-state index < -0.39 is 5.41 Å². The lowest BCUT2D eigenvalue weighted by atomic mass is 9.84. The Bertz CT molecular complexity index is 639. The van der Waals surface area contributed by atoms with Crippen molar-refractivity contribution in [3.8, 4) is 0 Å². The van der Waals surface area contributed by atoms with Crippen molar-refractivity contribution >= 4 is 24.2 Å². The summed E-state index contributed by atoms with van der Waals surface area (Å²) in [5.41, 5.74) is 0.669. The maximum absolute atomic E-state index is 12.8. The van der Waals surface area contributed by atoms with Gasteiger partial charge in [-0.15, -0.1) is 12.4 Å². The summed E-state index contributed by atoms with van der Waals surface area (Å²) < 4.78 is 1.77. The van der Waals surface area contributed by atoms with Crippen LogP contribution in [0.1, 0.15) is 37.2 Å². The maximum Gasteiger partial charge on any atom is 0.230 e. The number of carbonyl (C=O) groups excluding carboxylic acids is 2. The molecule has 2 N–H and O–H groups in total. The molecule has 146 valence electrons. The van der Waals surface area contributed by atoms with E-state index in [1.807, 2.05) is 19.4 Å². The lowest BCUT2D eigenvalue weighted by Crippen LogP contribution is -2.48. The van der Waals surface area contributed by atoms with Crippen molar-refractivity contribution in [3.63, 3.8) is 0 Å². The lowest BCUT2D eigenvalue weighted by Gasteiger charge is -2.31. The Hall–Kier alpha value is -1.60. The first kappa shape index (κ1) is 20.7. The highest BCUT2D eigenvalue weighted by atomic mass is 35.5. The van der Waals surface area contributed by atoms with E-state index in [-0.39, 0.29) is 36.1 Å². The van der Waals surface area contributed by atoms with Gasteiger partial charge in [0.1, 0.15) is 0 Å². The normalized spacial score (nSPS) is 24.1. The molecule has 3 rings (SSSR count). The zero-order valence-electron chi connectivity index (χ0n) is 15.8. The van der Waals surface area contributed by atoms with Gasteiger partial charge in [-0.05, 0) is 18.4 Å². The van der Waals surface area contributed by atoms with Gasteiger partial charge >= 0.3 is 0 Å². The Kier molecular flexibility index (Phi) is 6.69. The summed E-state index contributed by atoms with van der Waals surface area (Å²) >= 11 is 0. The maximum atomic E-state index is 12.8. The number of aryl methyl sites for hydroxylation is 1. The summed E-state index contributed by atoms with van der Waals surface area (Å²) in [4.78, 5) is 27.1. The van der Waals surface area contributed by atoms with Crippen molar-refractivity contribution in [3.05, 3.63) is 18.0 Å². The Morgan fingerprint density at radius 2 is 2.04 bits per heavy atom. The molecule has 0 bridgehead atoms. The average molecular weight is 384 g/mol. The highest BCUT2D eigenvalue weighted by Crippen LogP contribution is 2.39. The first-order valence-electron chi connectivity index (χ1n) is 9.12. The molecule has 2 heterocycles. The molecule has 26 heavy (non-hydrogen) atoms. The van der Waals surface area contributed by atoms with Crippen LogP contribution in [-0.4, -0.2) is 60.2 Å². The quantitative estimate of drug-likeness (QED) is 0.792. The fourth-order valence-electron chi connectivity index (χ4n) is 4.32. The topological polar surface area (TPSA) is 79.3 Å². The second kappa shape index (κ2) is 8.39. The number of hydrogen-bond acceptors (Lipinski definition) is 4. The van der Waals surface area contributed by atoms with Gasteiger partial charge in [0.25, 0.3) is 0 Å². The van der Waals surface area contributed by atoms with E-state index in [2.05, 4.69) is 15.7 Å². The molecule has 2 amide bonds. The molecule has 1 aliphatic heterocycles. The molecule has 1 saturated heterocycles. The van der Waals surface area contributed by atoms with Crippen LogP contribution >= 0.6 is 12.4 Å². The number of halogens is 1. The second-order valence-corrected chi connectivity index (χ2v) is 7.72. The first-order chi connectivity index (χ1) is 11.9. The van der Waals surface area contributed by atoms with Crippen LogP contribution in [0.3, 0.4) is 0 Å². The van der Waals surface area contributed by atoms with Gasteiger partial charge in [-0.2, -0.15) is 5.10 Å². The van der Waals surface area contributed by atoms with E-state index in [1.54, 1.807) is 23.7 Å². The summed E-state index contributed by atoms with van der Waals surface area (Å²) in [5, 5.41) is 10.6. The highest BCUT2D eigenvalue weighted by Gasteiger charge is 2.43. The number of rotatable bonds is 5. The van der Waals surface area contributed by atoms with Crippen LogP contribution in [0.15, 0.2) is 12.4 Å². The number of nitrogens with one attached hydrogen (secondary N) is 2. The molecule has 0 unspecified atom stereocenters. The predicted molar refractivity (Wildman–Crippen MR) is 102 cm³/mol. The van der Waals surface area contributed by atoms with Crippen LogP contribution in [0.4, 0.5) is 0 Å². The Morgan fingerprint density at radius 3 is 2.62 bits per heavy atom. The Morgan fingerprint density at radius 1 is 1.35 bits per heavy atom. The number of amides is 2. The number of aromatic nitrogens is 2. The minimum Gasteiger partial charge on any atom is -0.355 e. The smallest absolute Gasteiger partial charge is 0.230 e. The van der Waals surface area contributed by atoms with Crippen molar-refractivity contribution in [2.24, 2.45) is 18.4 Å². The Balaban J connectivity index is 0.00000243. The lowest BCUT2D eigenvalue weighted by molar-refractivity contribution is -0.139. The molecule has 2 aliphatic rings. The molecule has 1 aromatic rings. The van der Waals surface area contributed by atoms with Crippen LogP contribution in [0.5, 0.6) is 0 Å². The molecule has 2 fully saturated rings. The van der Waals surface area contributed by atoms with Crippen LogP contribution in [0.25, 0.3) is 0 Å². The summed E-state index contributed by atoms with van der Waals surface area (Å²) in [6, 6.07) is 0. The molecule has 7 nitrogen and oxygen atoms in total. The highest BCUT2D eigenvalue weighted by molar-refractivity contribution is 5.85. The van der Waals surface area contributed by atoms with Crippen molar-refractivity contribution in [2.75, 3.05) is 33.7 Å². The fourth-order valence-corrected chi connectivity index (χ4v) is 4.32. The van der Waals surface area contributed by atoms with Crippen LogP contribution in [0.2, 0.25) is 0 Å². The van der Waals surface area contributed by atoms with E-state index in [9.17, 15) is 9.59 Å². The third-order valence-electron chi connectivity index (χ3n) is 5.73. The average Bonchev–Trinajstić information content (AvgIpc) is 3.32. The third-order valence-corrected chi connectivity index (χ3v) is 5.73. The zero-order valence-corrected chi connectivity index (χ0v) is 16.6. The predicted octanol–water partition coefficient (Wildman–Crippen LogP) is 0.910. The molecule has 1 aliphatic carbocycles. The van der Waals surface area contributed by atoms with Crippen molar-refractivity contribution in [2.45, 2.75) is 31.6 Å². The summed E-state index contributed by atoms with van der Waals surface area (Å²) in [6.45, 7) is 1.89. The van der Waals surface area contributed by atoms with Gasteiger partial charge in [-0.1, -0.05) is 12.8 Å². The molecular formula is C18H30ClN5O2. The zero-order chi connectivity index (χ0) is 18.0. The van der Waals surface area contributed by atoms with Crippen LogP contribution in [-0.2, 0) is 16.6 Å². The molecule has 8 heteroatoms. The standard InChI is InChI=1S/C18H29N5O2.ClH/c1-22(2)17(25)18(6-4-5-7-18)12-20-16(24)15-10-19-9-14(15)13-8-21-23(3)11-13;/h8,11,14-15,19H,4-7,9-10,12H2,1-3H3,(H,20,24);1H/t14-,15+;/m1./s1. The summed E-state index contributed by atoms with van der Waals surface area (Å²) in [5.74, 6) is 0.199. The van der Waals surface area contributed by atoms with Crippen molar-refractivity contribution in [1.82, 2.24) is 25.3 Å². The Labute approximate surface area is 161 Å². The minimum atomic E-state index is -0.422. The molecule has 2 atom stereocenters. The van der Waals surface area contributed by atoms with Gasteiger partial charge in [-0.25, -0.2) is 0 Å². The van der Waals surface area contributed by atoms with Gasteiger partial charge in [0.2, 0.25) is 11.8 Å². The van der Waals surface area contributed by atoms with E-state index in [4.69, 9.17) is 0 Å². The monoisotopic (exact) mass is 383 g/mol. The molecule has 0 spiro atoms. The van der Waals surface area contributed by atoms with Crippen LogP contribution < -0.4 is 10.6 Å². The number of nitrogens with zero attached hydrogens (tertiary/aromatic N) is 3. The second-order valence-electron chi connectivity index (χ2n) is 7.72. The van der Waals surface area contributed by atoms with Gasteiger partial charge in [0.15, 0.2) is 0 Å². The SMILES string of the molecule is CN(C)C(=O)C1(CNC(=O)[C@H]2CNC[C@@H]2c2cnn(C)c2)CCCC1.Cl. The van der Waals surface area contributed by atoms with Gasteiger partial charge < -0.3 is 15.5 Å². The molecule has 0 aromatic carbocycles. The van der Waals surface area contributed by atoms with E-state index in [1.165, 1.54) is 0 Å². The van der Waals surface area contributed by atoms with Gasteiger partial charge in [-0.3, -0.25) is 14.3 Å². The number of carbonyl (C=O) groups is 2. The van der Waals surface area contributed by atoms with Crippen molar-refractivity contribution in [1.29, 1.82) is 0 Å². The summed E-state index contributed by atoms with van der Waals surface area (Å²) in [7, 11) is 5.48. The fraction of sp³-hybridized carbons (Fsp3) is 0.722. The number of hydrogen-bond donors (Lipinski definition) is 2. The third kappa shape index (κ3) is 4.04. The molecular weight excluding hydrogens is 354 g/mol. The summed E-state index contributed by atoms with van der Waals surface area (Å²) in [6.07, 6.45) is 7.65. The van der Waals surface area contributed by atoms with E-state index >= 15 is 0 Å². The molecule has 0 radical (unpaired) electrons. The van der Waals surface area contributed by atoms with Gasteiger partial charge in [0, 0.05) is 52.9 Å². The largest absolute Gasteiger partial charge is 0.355 e. The van der Waals surface area contributed by atoms with Crippen molar-refractivity contribution < 1.29 is 9.59 Å². The first-order valence-corrected chi connectivity index (χ1v) is 9.12. The van der Waals surface area contributed by atoms with E-state index in [0.717, 1.165) is 37.8 Å². The van der Waals surface area contributed by atoms with Gasteiger partial charge in [0.05, 0.1) is 17.5 Å².